The van der Waals surface area contributed by atoms with E-state index < -0.39 is 6.04 Å². The number of nitrogens with one attached hydrogen (secondary N) is 1. The Bertz CT molecular complexity index is 671. The quantitative estimate of drug-likeness (QED) is 0.807. The maximum absolute atomic E-state index is 13.3. The Morgan fingerprint density at radius 1 is 1.42 bits per heavy atom. The van der Waals surface area contributed by atoms with Crippen LogP contribution in [0.4, 0.5) is 4.39 Å². The van der Waals surface area contributed by atoms with E-state index >= 15 is 0 Å². The van der Waals surface area contributed by atoms with Gasteiger partial charge in [-0.2, -0.15) is 5.10 Å². The van der Waals surface area contributed by atoms with E-state index in [0.29, 0.717) is 19.5 Å². The number of aryl methyl sites for hydroxylation is 1. The smallest absolute Gasteiger partial charge is 0.244 e. The Hall–Kier alpha value is -2.21. The second-order valence-electron chi connectivity index (χ2n) is 5.87. The molecule has 6 heteroatoms. The second kappa shape index (κ2) is 8.59. The fourth-order valence-corrected chi connectivity index (χ4v) is 2.76. The third-order valence-corrected chi connectivity index (χ3v) is 3.96. The fourth-order valence-electron chi connectivity index (χ4n) is 2.76. The summed E-state index contributed by atoms with van der Waals surface area (Å²) < 4.78 is 15.0. The highest BCUT2D eigenvalue weighted by molar-refractivity contribution is 5.83. The molecule has 2 aromatic rings. The molecule has 5 nitrogen and oxygen atoms in total. The van der Waals surface area contributed by atoms with Gasteiger partial charge in [0.15, 0.2) is 0 Å². The van der Waals surface area contributed by atoms with E-state index in [1.165, 1.54) is 12.1 Å². The molecule has 0 aliphatic carbocycles. The molecule has 1 atom stereocenters. The first kappa shape index (κ1) is 18.1. The van der Waals surface area contributed by atoms with Crippen molar-refractivity contribution in [2.75, 3.05) is 20.1 Å². The minimum atomic E-state index is -0.419. The van der Waals surface area contributed by atoms with Crippen LogP contribution in [0.3, 0.4) is 0 Å². The van der Waals surface area contributed by atoms with Gasteiger partial charge in [0, 0.05) is 31.9 Å². The van der Waals surface area contributed by atoms with Crippen molar-refractivity contribution in [1.82, 2.24) is 20.0 Å². The maximum atomic E-state index is 13.3. The van der Waals surface area contributed by atoms with Gasteiger partial charge in [-0.25, -0.2) is 4.39 Å². The standard InChI is InChI=1S/C18H25FN4O/c1-4-9-23(10-8-14-6-5-7-16(19)11-14)18(24)17(20-2)15-12-21-22(3)13-15/h5-7,11-13,17,20H,4,8-10H2,1-3H3. The van der Waals surface area contributed by atoms with Crippen molar-refractivity contribution in [2.45, 2.75) is 25.8 Å². The highest BCUT2D eigenvalue weighted by atomic mass is 19.1. The number of nitrogens with zero attached hydrogens (tertiary/aromatic N) is 3. The monoisotopic (exact) mass is 332 g/mol. The molecule has 0 saturated carbocycles. The second-order valence-corrected chi connectivity index (χ2v) is 5.87. The number of aromatic nitrogens is 2. The predicted octanol–water partition coefficient (Wildman–Crippen LogP) is 2.30. The lowest BCUT2D eigenvalue weighted by atomic mass is 10.1. The molecule has 0 saturated heterocycles. The van der Waals surface area contributed by atoms with Crippen LogP contribution in [0.2, 0.25) is 0 Å². The molecule has 1 aromatic heterocycles. The molecule has 1 aromatic carbocycles. The minimum Gasteiger partial charge on any atom is -0.341 e. The Balaban J connectivity index is 2.08. The van der Waals surface area contributed by atoms with Gasteiger partial charge in [-0.15, -0.1) is 0 Å². The molecule has 24 heavy (non-hydrogen) atoms. The Morgan fingerprint density at radius 3 is 2.79 bits per heavy atom. The van der Waals surface area contributed by atoms with Crippen LogP contribution in [-0.2, 0) is 18.3 Å². The van der Waals surface area contributed by atoms with Crippen LogP contribution in [0.5, 0.6) is 0 Å². The minimum absolute atomic E-state index is 0.0174. The number of hydrogen-bond donors (Lipinski definition) is 1. The zero-order valence-corrected chi connectivity index (χ0v) is 14.5. The first-order chi connectivity index (χ1) is 11.5. The molecule has 130 valence electrons. The Morgan fingerprint density at radius 2 is 2.21 bits per heavy atom. The van der Waals surface area contributed by atoms with Crippen LogP contribution in [0.15, 0.2) is 36.7 Å². The zero-order valence-electron chi connectivity index (χ0n) is 14.5. The molecule has 1 N–H and O–H groups in total. The van der Waals surface area contributed by atoms with Gasteiger partial charge in [0.1, 0.15) is 11.9 Å². The van der Waals surface area contributed by atoms with Crippen LogP contribution in [0.1, 0.15) is 30.5 Å². The molecule has 0 spiro atoms. The predicted molar refractivity (Wildman–Crippen MR) is 92.0 cm³/mol. The van der Waals surface area contributed by atoms with E-state index in [9.17, 15) is 9.18 Å². The van der Waals surface area contributed by atoms with E-state index in [2.05, 4.69) is 10.4 Å². The molecule has 0 fully saturated rings. The topological polar surface area (TPSA) is 50.2 Å². The summed E-state index contributed by atoms with van der Waals surface area (Å²) in [5.41, 5.74) is 1.74. The maximum Gasteiger partial charge on any atom is 0.244 e. The molecule has 0 radical (unpaired) electrons. The van der Waals surface area contributed by atoms with Gasteiger partial charge in [-0.1, -0.05) is 19.1 Å². The average molecular weight is 332 g/mol. The number of carbonyl (C=O) groups is 1. The number of hydrogen-bond acceptors (Lipinski definition) is 3. The van der Waals surface area contributed by atoms with Crippen LogP contribution in [0.25, 0.3) is 0 Å². The van der Waals surface area contributed by atoms with E-state index in [4.69, 9.17) is 0 Å². The number of halogens is 1. The van der Waals surface area contributed by atoms with Crippen molar-refractivity contribution in [3.63, 3.8) is 0 Å². The van der Waals surface area contributed by atoms with E-state index in [-0.39, 0.29) is 11.7 Å². The lowest BCUT2D eigenvalue weighted by Crippen LogP contribution is -2.41. The van der Waals surface area contributed by atoms with E-state index in [0.717, 1.165) is 17.5 Å². The van der Waals surface area contributed by atoms with Crippen molar-refractivity contribution in [1.29, 1.82) is 0 Å². The van der Waals surface area contributed by atoms with Gasteiger partial charge in [0.05, 0.1) is 6.20 Å². The summed E-state index contributed by atoms with van der Waals surface area (Å²) in [5, 5.41) is 7.21. The van der Waals surface area contributed by atoms with Gasteiger partial charge in [0.2, 0.25) is 5.91 Å². The normalized spacial score (nSPS) is 12.2. The van der Waals surface area contributed by atoms with Gasteiger partial charge in [-0.05, 0) is 37.6 Å². The van der Waals surface area contributed by atoms with Crippen molar-refractivity contribution in [2.24, 2.45) is 7.05 Å². The van der Waals surface area contributed by atoms with Gasteiger partial charge in [-0.3, -0.25) is 9.48 Å². The molecular weight excluding hydrogens is 307 g/mol. The lowest BCUT2D eigenvalue weighted by Gasteiger charge is -2.26. The summed E-state index contributed by atoms with van der Waals surface area (Å²) in [6.07, 6.45) is 5.05. The summed E-state index contributed by atoms with van der Waals surface area (Å²) >= 11 is 0. The molecule has 0 bridgehead atoms. The summed E-state index contributed by atoms with van der Waals surface area (Å²) in [4.78, 5) is 14.7. The highest BCUT2D eigenvalue weighted by Gasteiger charge is 2.25. The third-order valence-electron chi connectivity index (χ3n) is 3.96. The Labute approximate surface area is 142 Å². The van der Waals surface area contributed by atoms with Crippen molar-refractivity contribution >= 4 is 5.91 Å². The Kier molecular flexibility index (Phi) is 6.49. The average Bonchev–Trinajstić information content (AvgIpc) is 2.98. The lowest BCUT2D eigenvalue weighted by molar-refractivity contribution is -0.133. The van der Waals surface area contributed by atoms with Crippen LogP contribution in [0, 0.1) is 5.82 Å². The molecule has 0 aliphatic heterocycles. The molecule has 2 rings (SSSR count). The molecule has 1 amide bonds. The fraction of sp³-hybridized carbons (Fsp3) is 0.444. The molecule has 0 aliphatic rings. The highest BCUT2D eigenvalue weighted by Crippen LogP contribution is 2.16. The summed E-state index contributed by atoms with van der Waals surface area (Å²) in [6, 6.07) is 6.11. The van der Waals surface area contributed by atoms with Gasteiger partial charge < -0.3 is 10.2 Å². The van der Waals surface area contributed by atoms with E-state index in [1.54, 1.807) is 24.0 Å². The van der Waals surface area contributed by atoms with Gasteiger partial charge in [0.25, 0.3) is 0 Å². The molecule has 1 unspecified atom stereocenters. The van der Waals surface area contributed by atoms with Crippen LogP contribution >= 0.6 is 0 Å². The summed E-state index contributed by atoms with van der Waals surface area (Å²) in [5.74, 6) is -0.229. The van der Waals surface area contributed by atoms with Crippen LogP contribution < -0.4 is 5.32 Å². The zero-order chi connectivity index (χ0) is 17.5. The number of rotatable bonds is 8. The number of carbonyl (C=O) groups excluding carboxylic acids is 1. The largest absolute Gasteiger partial charge is 0.341 e. The van der Waals surface area contributed by atoms with Crippen LogP contribution in [-0.4, -0.2) is 40.7 Å². The first-order valence-electron chi connectivity index (χ1n) is 8.24. The van der Waals surface area contributed by atoms with Crippen molar-refractivity contribution in [3.05, 3.63) is 53.6 Å². The number of benzene rings is 1. The summed E-state index contributed by atoms with van der Waals surface area (Å²) in [6.45, 7) is 3.28. The third kappa shape index (κ3) is 4.64. The SMILES string of the molecule is CCCN(CCc1cccc(F)c1)C(=O)C(NC)c1cnn(C)c1. The van der Waals surface area contributed by atoms with E-state index in [1.807, 2.05) is 31.1 Å². The van der Waals surface area contributed by atoms with Crippen molar-refractivity contribution in [3.8, 4) is 0 Å². The first-order valence-corrected chi connectivity index (χ1v) is 8.24. The summed E-state index contributed by atoms with van der Waals surface area (Å²) in [7, 11) is 3.60. The van der Waals surface area contributed by atoms with Gasteiger partial charge >= 0.3 is 0 Å². The number of amides is 1. The van der Waals surface area contributed by atoms with Crippen molar-refractivity contribution < 1.29 is 9.18 Å². The number of likely N-dealkylation sites (N-methyl/N-ethyl adjacent to an activating group) is 1. The molecule has 1 heterocycles. The molecular formula is C18H25FN4O.